The second-order valence-corrected chi connectivity index (χ2v) is 3.98. The van der Waals surface area contributed by atoms with Crippen LogP contribution in [0.5, 0.6) is 5.75 Å². The Morgan fingerprint density at radius 3 is 2.38 bits per heavy atom. The summed E-state index contributed by atoms with van der Waals surface area (Å²) < 4.78 is 1.81. The number of nitrogens with zero attached hydrogens (tertiary/aromatic N) is 2. The fraction of sp³-hybridized carbons (Fsp3) is 0.308. The Morgan fingerprint density at radius 2 is 1.81 bits per heavy atom. The Kier molecular flexibility index (Phi) is 2.69. The van der Waals surface area contributed by atoms with E-state index in [9.17, 15) is 5.11 Å². The average Bonchev–Trinajstić information content (AvgIpc) is 2.56. The summed E-state index contributed by atoms with van der Waals surface area (Å²) in [7, 11) is 0. The molecule has 84 valence electrons. The highest BCUT2D eigenvalue weighted by Gasteiger charge is 2.13. The number of aromatic hydroxyl groups is 1. The summed E-state index contributed by atoms with van der Waals surface area (Å²) in [5.41, 5.74) is 3.75. The third-order valence-corrected chi connectivity index (χ3v) is 2.74. The van der Waals surface area contributed by atoms with E-state index < -0.39 is 0 Å². The van der Waals surface area contributed by atoms with E-state index in [4.69, 9.17) is 0 Å². The summed E-state index contributed by atoms with van der Waals surface area (Å²) in [6.45, 7) is 5.89. The van der Waals surface area contributed by atoms with Crippen molar-refractivity contribution < 1.29 is 5.11 Å². The highest BCUT2D eigenvalue weighted by molar-refractivity contribution is 5.41. The zero-order valence-corrected chi connectivity index (χ0v) is 9.86. The third-order valence-electron chi connectivity index (χ3n) is 2.74. The molecule has 3 heteroatoms. The quantitative estimate of drug-likeness (QED) is 0.838. The van der Waals surface area contributed by atoms with E-state index >= 15 is 0 Å². The lowest BCUT2D eigenvalue weighted by molar-refractivity contribution is 0.464. The van der Waals surface area contributed by atoms with Gasteiger partial charge in [-0.25, -0.2) is 4.68 Å². The van der Waals surface area contributed by atoms with E-state index in [1.807, 2.05) is 42.8 Å². The second kappa shape index (κ2) is 4.00. The Balaban J connectivity index is 2.55. The van der Waals surface area contributed by atoms with E-state index in [1.165, 1.54) is 5.56 Å². The van der Waals surface area contributed by atoms with Crippen LogP contribution in [-0.2, 0) is 6.42 Å². The van der Waals surface area contributed by atoms with Crippen LogP contribution in [0.2, 0.25) is 0 Å². The molecular formula is C13H16N2O. The molecule has 2 aromatic rings. The van der Waals surface area contributed by atoms with Crippen LogP contribution < -0.4 is 0 Å². The van der Waals surface area contributed by atoms with E-state index in [2.05, 4.69) is 12.0 Å². The molecule has 1 heterocycles. The molecule has 0 aliphatic rings. The SMILES string of the molecule is CCc1c(O)c(C)nn1-c1ccc(C)cc1. The Bertz CT molecular complexity index is 497. The van der Waals surface area contributed by atoms with Crippen LogP contribution in [0.3, 0.4) is 0 Å². The van der Waals surface area contributed by atoms with Gasteiger partial charge >= 0.3 is 0 Å². The van der Waals surface area contributed by atoms with E-state index in [0.717, 1.165) is 17.8 Å². The van der Waals surface area contributed by atoms with Crippen LogP contribution >= 0.6 is 0 Å². The maximum absolute atomic E-state index is 9.85. The first-order valence-corrected chi connectivity index (χ1v) is 5.48. The summed E-state index contributed by atoms with van der Waals surface area (Å²) in [6.07, 6.45) is 0.764. The predicted octanol–water partition coefficient (Wildman–Crippen LogP) is 2.76. The van der Waals surface area contributed by atoms with Crippen LogP contribution in [0.25, 0.3) is 5.69 Å². The number of rotatable bonds is 2. The highest BCUT2D eigenvalue weighted by atomic mass is 16.3. The molecule has 0 unspecified atom stereocenters. The molecule has 0 fully saturated rings. The van der Waals surface area contributed by atoms with E-state index in [1.54, 1.807) is 0 Å². The van der Waals surface area contributed by atoms with Gasteiger partial charge in [0.15, 0.2) is 5.75 Å². The van der Waals surface area contributed by atoms with Crippen LogP contribution in [0, 0.1) is 13.8 Å². The summed E-state index contributed by atoms with van der Waals surface area (Å²) in [6, 6.07) is 8.12. The Labute approximate surface area is 95.3 Å². The van der Waals surface area contributed by atoms with Gasteiger partial charge in [0.05, 0.1) is 11.4 Å². The van der Waals surface area contributed by atoms with Crippen molar-refractivity contribution in [3.8, 4) is 11.4 Å². The lowest BCUT2D eigenvalue weighted by atomic mass is 10.2. The molecule has 0 radical (unpaired) electrons. The summed E-state index contributed by atoms with van der Waals surface area (Å²) in [5.74, 6) is 0.308. The van der Waals surface area contributed by atoms with Gasteiger partial charge in [-0.2, -0.15) is 5.10 Å². The molecule has 1 aromatic heterocycles. The van der Waals surface area contributed by atoms with E-state index in [0.29, 0.717) is 11.4 Å². The topological polar surface area (TPSA) is 38.1 Å². The number of aryl methyl sites for hydroxylation is 2. The largest absolute Gasteiger partial charge is 0.504 e. The molecule has 1 aromatic carbocycles. The van der Waals surface area contributed by atoms with Crippen LogP contribution in [0.4, 0.5) is 0 Å². The van der Waals surface area contributed by atoms with Gasteiger partial charge in [0, 0.05) is 0 Å². The van der Waals surface area contributed by atoms with Gasteiger partial charge < -0.3 is 5.11 Å². The minimum atomic E-state index is 0.308. The maximum atomic E-state index is 9.85. The highest BCUT2D eigenvalue weighted by Crippen LogP contribution is 2.24. The van der Waals surface area contributed by atoms with Crippen LogP contribution in [0.1, 0.15) is 23.9 Å². The predicted molar refractivity (Wildman–Crippen MR) is 64.1 cm³/mol. The molecule has 2 rings (SSSR count). The number of hydrogen-bond acceptors (Lipinski definition) is 2. The molecule has 0 bridgehead atoms. The molecule has 16 heavy (non-hydrogen) atoms. The van der Waals surface area contributed by atoms with Crippen LogP contribution in [0.15, 0.2) is 24.3 Å². The molecule has 0 aliphatic heterocycles. The van der Waals surface area contributed by atoms with Crippen molar-refractivity contribution in [2.75, 3.05) is 0 Å². The molecule has 0 aliphatic carbocycles. The van der Waals surface area contributed by atoms with Gasteiger partial charge in [-0.15, -0.1) is 0 Å². The van der Waals surface area contributed by atoms with Crippen molar-refractivity contribution in [3.63, 3.8) is 0 Å². The lowest BCUT2D eigenvalue weighted by Crippen LogP contribution is -2.01. The van der Waals surface area contributed by atoms with Crippen molar-refractivity contribution >= 4 is 0 Å². The zero-order chi connectivity index (χ0) is 11.7. The summed E-state index contributed by atoms with van der Waals surface area (Å²) in [4.78, 5) is 0. The number of hydrogen-bond donors (Lipinski definition) is 1. The minimum Gasteiger partial charge on any atom is -0.504 e. The normalized spacial score (nSPS) is 10.7. The monoisotopic (exact) mass is 216 g/mol. The first-order chi connectivity index (χ1) is 7.63. The fourth-order valence-electron chi connectivity index (χ4n) is 1.78. The zero-order valence-electron chi connectivity index (χ0n) is 9.86. The van der Waals surface area contributed by atoms with Gasteiger partial charge in [0.1, 0.15) is 5.69 Å². The van der Waals surface area contributed by atoms with Gasteiger partial charge in [0.2, 0.25) is 0 Å². The van der Waals surface area contributed by atoms with Gasteiger partial charge in [-0.3, -0.25) is 0 Å². The number of benzene rings is 1. The van der Waals surface area contributed by atoms with Crippen molar-refractivity contribution in [1.82, 2.24) is 9.78 Å². The minimum absolute atomic E-state index is 0.308. The van der Waals surface area contributed by atoms with E-state index in [-0.39, 0.29) is 0 Å². The molecule has 3 nitrogen and oxygen atoms in total. The summed E-state index contributed by atoms with van der Waals surface area (Å²) in [5, 5.41) is 14.2. The van der Waals surface area contributed by atoms with Crippen LogP contribution in [-0.4, -0.2) is 14.9 Å². The molecule has 0 saturated carbocycles. The van der Waals surface area contributed by atoms with Gasteiger partial charge in [-0.05, 0) is 32.4 Å². The average molecular weight is 216 g/mol. The standard InChI is InChI=1S/C13H16N2O/c1-4-12-13(16)10(3)14-15(12)11-7-5-9(2)6-8-11/h5-8,16H,4H2,1-3H3. The van der Waals surface area contributed by atoms with Crippen molar-refractivity contribution in [2.45, 2.75) is 27.2 Å². The molecule has 0 saturated heterocycles. The van der Waals surface area contributed by atoms with Crippen molar-refractivity contribution in [2.24, 2.45) is 0 Å². The van der Waals surface area contributed by atoms with Gasteiger partial charge in [0.25, 0.3) is 0 Å². The smallest absolute Gasteiger partial charge is 0.160 e. The molecule has 0 atom stereocenters. The maximum Gasteiger partial charge on any atom is 0.160 e. The van der Waals surface area contributed by atoms with Crippen molar-refractivity contribution in [3.05, 3.63) is 41.2 Å². The molecule has 0 amide bonds. The summed E-state index contributed by atoms with van der Waals surface area (Å²) >= 11 is 0. The van der Waals surface area contributed by atoms with Gasteiger partial charge in [-0.1, -0.05) is 24.6 Å². The van der Waals surface area contributed by atoms with Crippen molar-refractivity contribution in [1.29, 1.82) is 0 Å². The third kappa shape index (κ3) is 1.69. The molecular weight excluding hydrogens is 200 g/mol. The second-order valence-electron chi connectivity index (χ2n) is 3.98. The Hall–Kier alpha value is -1.77. The lowest BCUT2D eigenvalue weighted by Gasteiger charge is -2.05. The molecule has 1 N–H and O–H groups in total. The number of aromatic nitrogens is 2. The first kappa shape index (κ1) is 10.7. The fourth-order valence-corrected chi connectivity index (χ4v) is 1.78. The Morgan fingerprint density at radius 1 is 1.19 bits per heavy atom. The molecule has 0 spiro atoms. The first-order valence-electron chi connectivity index (χ1n) is 5.48.